The lowest BCUT2D eigenvalue weighted by Crippen LogP contribution is -2.46. The molecule has 3 heterocycles. The number of nitrogens with zero attached hydrogens (tertiary/aromatic N) is 4. The monoisotopic (exact) mass is 310 g/mol. The highest BCUT2D eigenvalue weighted by atomic mass is 32.1. The van der Waals surface area contributed by atoms with E-state index in [0.29, 0.717) is 0 Å². The van der Waals surface area contributed by atoms with Crippen LogP contribution in [0.4, 0.5) is 5.82 Å². The van der Waals surface area contributed by atoms with E-state index >= 15 is 0 Å². The number of rotatable bonds is 3. The van der Waals surface area contributed by atoms with Gasteiger partial charge in [0.25, 0.3) is 0 Å². The van der Waals surface area contributed by atoms with E-state index in [2.05, 4.69) is 51.2 Å². The van der Waals surface area contributed by atoms with Crippen LogP contribution in [0.3, 0.4) is 0 Å². The molecule has 1 saturated heterocycles. The third-order valence-corrected chi connectivity index (χ3v) is 5.06. The molecule has 1 aromatic carbocycles. The number of hydrogen-bond donors (Lipinski definition) is 0. The van der Waals surface area contributed by atoms with Gasteiger partial charge in [-0.2, -0.15) is 0 Å². The van der Waals surface area contributed by atoms with Crippen molar-refractivity contribution in [2.45, 2.75) is 6.54 Å². The lowest BCUT2D eigenvalue weighted by molar-refractivity contribution is 0.249. The quantitative estimate of drug-likeness (QED) is 0.744. The summed E-state index contributed by atoms with van der Waals surface area (Å²) in [7, 11) is 0. The van der Waals surface area contributed by atoms with E-state index < -0.39 is 0 Å². The van der Waals surface area contributed by atoms with Gasteiger partial charge in [-0.25, -0.2) is 9.97 Å². The van der Waals surface area contributed by atoms with Crippen LogP contribution >= 0.6 is 11.3 Å². The third kappa shape index (κ3) is 2.82. The van der Waals surface area contributed by atoms with E-state index in [1.165, 1.54) is 9.71 Å². The molecular weight excluding hydrogens is 292 g/mol. The minimum Gasteiger partial charge on any atom is -0.354 e. The average Bonchev–Trinajstić information content (AvgIpc) is 2.98. The minimum absolute atomic E-state index is 0.954. The second-order valence-electron chi connectivity index (χ2n) is 5.53. The van der Waals surface area contributed by atoms with Crippen LogP contribution in [0.1, 0.15) is 5.01 Å². The Bertz CT molecular complexity index is 714. The van der Waals surface area contributed by atoms with Crippen molar-refractivity contribution in [3.63, 3.8) is 0 Å². The fraction of sp³-hybridized carbons (Fsp3) is 0.294. The van der Waals surface area contributed by atoms with Crippen LogP contribution in [-0.2, 0) is 6.54 Å². The number of pyridine rings is 1. The molecule has 0 saturated carbocycles. The van der Waals surface area contributed by atoms with Gasteiger partial charge in [-0.15, -0.1) is 11.3 Å². The Morgan fingerprint density at radius 1 is 0.955 bits per heavy atom. The highest BCUT2D eigenvalue weighted by Gasteiger charge is 2.18. The van der Waals surface area contributed by atoms with Crippen LogP contribution in [-0.4, -0.2) is 41.0 Å². The molecule has 1 fully saturated rings. The van der Waals surface area contributed by atoms with Gasteiger partial charge in [0.2, 0.25) is 0 Å². The second-order valence-corrected chi connectivity index (χ2v) is 6.64. The van der Waals surface area contributed by atoms with Crippen molar-refractivity contribution in [2.24, 2.45) is 0 Å². The van der Waals surface area contributed by atoms with E-state index in [1.807, 2.05) is 23.6 Å². The molecule has 5 heteroatoms. The number of aromatic nitrogens is 2. The van der Waals surface area contributed by atoms with E-state index in [9.17, 15) is 0 Å². The van der Waals surface area contributed by atoms with Crippen molar-refractivity contribution in [3.8, 4) is 0 Å². The number of piperazine rings is 1. The Hall–Kier alpha value is -1.98. The van der Waals surface area contributed by atoms with Crippen LogP contribution in [0.25, 0.3) is 10.2 Å². The van der Waals surface area contributed by atoms with E-state index in [-0.39, 0.29) is 0 Å². The lowest BCUT2D eigenvalue weighted by atomic mass is 10.3. The fourth-order valence-corrected chi connectivity index (χ4v) is 3.86. The topological polar surface area (TPSA) is 32.3 Å². The molecule has 0 atom stereocenters. The maximum Gasteiger partial charge on any atom is 0.128 e. The number of hydrogen-bond acceptors (Lipinski definition) is 5. The van der Waals surface area contributed by atoms with Crippen LogP contribution in [0.15, 0.2) is 48.7 Å². The first-order valence-corrected chi connectivity index (χ1v) is 8.43. The largest absolute Gasteiger partial charge is 0.354 e. The molecule has 0 spiro atoms. The highest BCUT2D eigenvalue weighted by Crippen LogP contribution is 2.23. The maximum absolute atomic E-state index is 4.73. The Balaban J connectivity index is 1.39. The first kappa shape index (κ1) is 13.7. The summed E-state index contributed by atoms with van der Waals surface area (Å²) in [4.78, 5) is 14.0. The Kier molecular flexibility index (Phi) is 3.74. The third-order valence-electron chi connectivity index (χ3n) is 4.04. The summed E-state index contributed by atoms with van der Waals surface area (Å²) in [5.74, 6) is 1.09. The van der Waals surface area contributed by atoms with Gasteiger partial charge < -0.3 is 4.90 Å². The van der Waals surface area contributed by atoms with Gasteiger partial charge in [0.05, 0.1) is 16.8 Å². The molecule has 22 heavy (non-hydrogen) atoms. The maximum atomic E-state index is 4.73. The molecule has 2 aromatic heterocycles. The van der Waals surface area contributed by atoms with Crippen molar-refractivity contribution >= 4 is 27.4 Å². The van der Waals surface area contributed by atoms with Gasteiger partial charge in [0.1, 0.15) is 10.8 Å². The molecule has 1 aliphatic heterocycles. The predicted molar refractivity (Wildman–Crippen MR) is 91.3 cm³/mol. The zero-order chi connectivity index (χ0) is 14.8. The van der Waals surface area contributed by atoms with Crippen molar-refractivity contribution in [1.29, 1.82) is 0 Å². The first-order valence-electron chi connectivity index (χ1n) is 7.61. The van der Waals surface area contributed by atoms with Gasteiger partial charge in [0, 0.05) is 32.4 Å². The molecule has 1 aliphatic rings. The summed E-state index contributed by atoms with van der Waals surface area (Å²) < 4.78 is 1.28. The molecule has 4 nitrogen and oxygen atoms in total. The zero-order valence-electron chi connectivity index (χ0n) is 12.4. The van der Waals surface area contributed by atoms with Crippen molar-refractivity contribution in [2.75, 3.05) is 31.1 Å². The van der Waals surface area contributed by atoms with Crippen molar-refractivity contribution in [3.05, 3.63) is 53.7 Å². The molecule has 112 valence electrons. The lowest BCUT2D eigenvalue weighted by Gasteiger charge is -2.34. The zero-order valence-corrected chi connectivity index (χ0v) is 13.2. The molecule has 0 unspecified atom stereocenters. The number of anilines is 1. The Labute approximate surface area is 134 Å². The van der Waals surface area contributed by atoms with Crippen LogP contribution in [0.5, 0.6) is 0 Å². The van der Waals surface area contributed by atoms with Crippen LogP contribution in [0, 0.1) is 0 Å². The highest BCUT2D eigenvalue weighted by molar-refractivity contribution is 7.18. The fourth-order valence-electron chi connectivity index (χ4n) is 2.85. The molecule has 0 bridgehead atoms. The smallest absolute Gasteiger partial charge is 0.128 e. The Morgan fingerprint density at radius 2 is 1.77 bits per heavy atom. The predicted octanol–water partition coefficient (Wildman–Crippen LogP) is 3.01. The number of benzene rings is 1. The molecule has 0 amide bonds. The van der Waals surface area contributed by atoms with Crippen LogP contribution in [0.2, 0.25) is 0 Å². The van der Waals surface area contributed by atoms with Crippen molar-refractivity contribution < 1.29 is 0 Å². The molecule has 4 rings (SSSR count). The summed E-state index contributed by atoms with van der Waals surface area (Å²) in [5.41, 5.74) is 1.12. The standard InChI is InChI=1S/C17H18N4S/c1-2-6-15-14(5-1)19-17(22-15)13-20-9-11-21(12-10-20)16-7-3-4-8-18-16/h1-8H,9-13H2. The van der Waals surface area contributed by atoms with E-state index in [0.717, 1.165) is 44.1 Å². The molecule has 0 radical (unpaired) electrons. The number of para-hydroxylation sites is 1. The van der Waals surface area contributed by atoms with E-state index in [4.69, 9.17) is 4.98 Å². The SMILES string of the molecule is c1ccc(N2CCN(Cc3nc4ccccc4s3)CC2)nc1. The number of thiazole rings is 1. The van der Waals surface area contributed by atoms with Gasteiger partial charge >= 0.3 is 0 Å². The van der Waals surface area contributed by atoms with Gasteiger partial charge in [0.15, 0.2) is 0 Å². The minimum atomic E-state index is 0.954. The number of fused-ring (bicyclic) bond motifs is 1. The first-order chi connectivity index (χ1) is 10.9. The van der Waals surface area contributed by atoms with Gasteiger partial charge in [-0.1, -0.05) is 18.2 Å². The van der Waals surface area contributed by atoms with Crippen LogP contribution < -0.4 is 4.90 Å². The summed E-state index contributed by atoms with van der Waals surface area (Å²) in [6.45, 7) is 5.14. The molecule has 3 aromatic rings. The normalized spacial score (nSPS) is 16.3. The molecular formula is C17H18N4S. The van der Waals surface area contributed by atoms with E-state index in [1.54, 1.807) is 0 Å². The molecule has 0 N–H and O–H groups in total. The summed E-state index contributed by atoms with van der Waals surface area (Å²) in [6, 6.07) is 14.5. The summed E-state index contributed by atoms with van der Waals surface area (Å²) in [5, 5.41) is 1.22. The van der Waals surface area contributed by atoms with Gasteiger partial charge in [-0.05, 0) is 24.3 Å². The molecule has 0 aliphatic carbocycles. The summed E-state index contributed by atoms with van der Waals surface area (Å²) in [6.07, 6.45) is 1.86. The van der Waals surface area contributed by atoms with Crippen molar-refractivity contribution in [1.82, 2.24) is 14.9 Å². The average molecular weight is 310 g/mol. The second kappa shape index (κ2) is 6.02. The Morgan fingerprint density at radius 3 is 2.55 bits per heavy atom. The summed E-state index contributed by atoms with van der Waals surface area (Å²) >= 11 is 1.81. The van der Waals surface area contributed by atoms with Gasteiger partial charge in [-0.3, -0.25) is 4.90 Å².